The van der Waals surface area contributed by atoms with Crippen LogP contribution in [0.4, 0.5) is 11.4 Å². The normalized spacial score (nSPS) is 14.4. The van der Waals surface area contributed by atoms with Crippen LogP contribution in [0.2, 0.25) is 0 Å². The quantitative estimate of drug-likeness (QED) is 0.143. The van der Waals surface area contributed by atoms with Crippen LogP contribution >= 0.6 is 0 Å². The Kier molecular flexibility index (Phi) is 10.3. The number of nitrogens with zero attached hydrogens (tertiary/aromatic N) is 4. The Morgan fingerprint density at radius 3 is 0.984 bits per heavy atom. The molecule has 2 fully saturated rings. The lowest BCUT2D eigenvalue weighted by molar-refractivity contribution is 0.578. The Hall–Kier alpha value is -7.04. The third kappa shape index (κ3) is 7.51. The number of aromatic nitrogens is 2. The van der Waals surface area contributed by atoms with Gasteiger partial charge in [-0.2, -0.15) is 0 Å². The van der Waals surface area contributed by atoms with Crippen LogP contribution in [0.1, 0.15) is 38.5 Å². The van der Waals surface area contributed by atoms with E-state index in [4.69, 9.17) is 9.97 Å². The van der Waals surface area contributed by atoms with Crippen molar-refractivity contribution in [3.63, 3.8) is 0 Å². The first-order valence-corrected chi connectivity index (χ1v) is 22.5. The summed E-state index contributed by atoms with van der Waals surface area (Å²) < 4.78 is 0. The smallest absolute Gasteiger partial charge is 0.0978 e. The molecule has 4 heteroatoms. The molecule has 2 saturated heterocycles. The molecular formula is C58H50N4. The average molecular weight is 803 g/mol. The van der Waals surface area contributed by atoms with Gasteiger partial charge in [-0.3, -0.25) is 0 Å². The molecule has 4 heterocycles. The molecule has 2 aliphatic heterocycles. The Morgan fingerprint density at radius 1 is 0.290 bits per heavy atom. The van der Waals surface area contributed by atoms with Crippen LogP contribution in [0.5, 0.6) is 0 Å². The molecule has 0 bridgehead atoms. The first-order valence-electron chi connectivity index (χ1n) is 22.5. The Labute approximate surface area is 365 Å². The lowest BCUT2D eigenvalue weighted by Gasteiger charge is -2.28. The van der Waals surface area contributed by atoms with Crippen molar-refractivity contribution < 1.29 is 0 Å². The first kappa shape index (κ1) is 37.9. The molecule has 9 aromatic rings. The van der Waals surface area contributed by atoms with E-state index in [2.05, 4.69) is 192 Å². The van der Waals surface area contributed by atoms with Crippen molar-refractivity contribution >= 4 is 33.2 Å². The molecule has 0 saturated carbocycles. The molecule has 0 unspecified atom stereocenters. The van der Waals surface area contributed by atoms with Crippen LogP contribution in [-0.2, 0) is 0 Å². The van der Waals surface area contributed by atoms with Gasteiger partial charge in [0, 0.05) is 59.5 Å². The minimum atomic E-state index is 0.913. The van der Waals surface area contributed by atoms with Gasteiger partial charge in [0.25, 0.3) is 0 Å². The lowest BCUT2D eigenvalue weighted by Crippen LogP contribution is -2.29. The van der Waals surface area contributed by atoms with Crippen molar-refractivity contribution in [3.8, 4) is 67.0 Å². The summed E-state index contributed by atoms with van der Waals surface area (Å²) in [6, 6.07) is 66.5. The summed E-state index contributed by atoms with van der Waals surface area (Å²) in [5.41, 5.74) is 18.0. The molecule has 0 amide bonds. The summed E-state index contributed by atoms with van der Waals surface area (Å²) in [7, 11) is 0. The minimum Gasteiger partial charge on any atom is -0.372 e. The second kappa shape index (κ2) is 16.8. The molecule has 0 radical (unpaired) electrons. The second-order valence-electron chi connectivity index (χ2n) is 17.0. The molecule has 62 heavy (non-hydrogen) atoms. The number of benzene rings is 7. The molecule has 4 nitrogen and oxygen atoms in total. The van der Waals surface area contributed by atoms with Gasteiger partial charge in [0.1, 0.15) is 0 Å². The zero-order valence-corrected chi connectivity index (χ0v) is 35.2. The van der Waals surface area contributed by atoms with E-state index in [1.165, 1.54) is 72.2 Å². The number of hydrogen-bond donors (Lipinski definition) is 0. The maximum Gasteiger partial charge on any atom is 0.0978 e. The standard InChI is InChI=1S/C58H50N4/c1-5-13-41(14-6-1)43-17-21-45(22-18-43)53-39-55(47-25-29-49(30-26-47)61-35-9-3-10-36-61)59-57-51(53)33-34-52-54(46-23-19-44(20-24-46)42-15-7-2-8-16-42)40-56(60-58(52)57)48-27-31-50(32-28-48)62-37-11-4-12-38-62/h1-2,5-8,13-34,39-40H,3-4,9-12,35-38H2. The van der Waals surface area contributed by atoms with Crippen molar-refractivity contribution in [2.24, 2.45) is 0 Å². The molecule has 302 valence electrons. The topological polar surface area (TPSA) is 32.3 Å². The third-order valence-corrected chi connectivity index (χ3v) is 13.1. The summed E-state index contributed by atoms with van der Waals surface area (Å²) in [6.07, 6.45) is 7.65. The lowest BCUT2D eigenvalue weighted by atomic mass is 9.92. The summed E-state index contributed by atoms with van der Waals surface area (Å²) in [6.45, 7) is 4.48. The number of piperidine rings is 2. The van der Waals surface area contributed by atoms with E-state index in [0.29, 0.717) is 0 Å². The fourth-order valence-corrected chi connectivity index (χ4v) is 9.68. The molecule has 0 atom stereocenters. The zero-order valence-electron chi connectivity index (χ0n) is 35.2. The van der Waals surface area contributed by atoms with Crippen molar-refractivity contribution in [1.29, 1.82) is 0 Å². The second-order valence-corrected chi connectivity index (χ2v) is 17.0. The minimum absolute atomic E-state index is 0.913. The number of hydrogen-bond acceptors (Lipinski definition) is 4. The van der Waals surface area contributed by atoms with Crippen LogP contribution in [0.25, 0.3) is 88.8 Å². The fraction of sp³-hybridized carbons (Fsp3) is 0.172. The third-order valence-electron chi connectivity index (χ3n) is 13.1. The van der Waals surface area contributed by atoms with Crippen molar-refractivity contribution in [3.05, 3.63) is 182 Å². The van der Waals surface area contributed by atoms with E-state index >= 15 is 0 Å². The first-order chi connectivity index (χ1) is 30.7. The summed E-state index contributed by atoms with van der Waals surface area (Å²) in [4.78, 5) is 16.2. The highest BCUT2D eigenvalue weighted by molar-refractivity contribution is 6.13. The van der Waals surface area contributed by atoms with Gasteiger partial charge >= 0.3 is 0 Å². The Balaban J connectivity index is 1.10. The van der Waals surface area contributed by atoms with Gasteiger partial charge in [0.15, 0.2) is 0 Å². The monoisotopic (exact) mass is 802 g/mol. The number of rotatable bonds is 8. The van der Waals surface area contributed by atoms with Gasteiger partial charge in [0.05, 0.1) is 22.4 Å². The van der Waals surface area contributed by atoms with E-state index in [1.807, 2.05) is 0 Å². The van der Waals surface area contributed by atoms with Crippen LogP contribution < -0.4 is 9.80 Å². The maximum atomic E-state index is 5.58. The zero-order chi connectivity index (χ0) is 41.2. The van der Waals surface area contributed by atoms with Crippen molar-refractivity contribution in [2.45, 2.75) is 38.5 Å². The van der Waals surface area contributed by atoms with Crippen LogP contribution in [-0.4, -0.2) is 36.1 Å². The predicted octanol–water partition coefficient (Wildman–Crippen LogP) is 14.8. The molecule has 0 N–H and O–H groups in total. The highest BCUT2D eigenvalue weighted by Crippen LogP contribution is 2.41. The Bertz CT molecular complexity index is 2760. The van der Waals surface area contributed by atoms with Gasteiger partial charge in [-0.15, -0.1) is 0 Å². The molecule has 0 spiro atoms. The van der Waals surface area contributed by atoms with Gasteiger partial charge in [-0.1, -0.05) is 146 Å². The Morgan fingerprint density at radius 2 is 0.613 bits per heavy atom. The number of fused-ring (bicyclic) bond motifs is 3. The molecule has 11 rings (SSSR count). The SMILES string of the molecule is c1ccc(-c2ccc(-c3cc(-c4ccc(N5CCCCC5)cc4)nc4c3ccc3c(-c5ccc(-c6ccccc6)cc5)cc(-c5ccc(N6CCCCC6)cc5)nc34)cc2)cc1. The highest BCUT2D eigenvalue weighted by atomic mass is 15.1. The maximum absolute atomic E-state index is 5.58. The van der Waals surface area contributed by atoms with Crippen molar-refractivity contribution in [1.82, 2.24) is 9.97 Å². The van der Waals surface area contributed by atoms with Gasteiger partial charge in [-0.05, 0) is 119 Å². The van der Waals surface area contributed by atoms with Crippen molar-refractivity contribution in [2.75, 3.05) is 36.0 Å². The molecular weight excluding hydrogens is 753 g/mol. The van der Waals surface area contributed by atoms with Crippen LogP contribution in [0, 0.1) is 0 Å². The van der Waals surface area contributed by atoms with Crippen LogP contribution in [0.15, 0.2) is 182 Å². The molecule has 2 aromatic heterocycles. The van der Waals surface area contributed by atoms with E-state index < -0.39 is 0 Å². The largest absolute Gasteiger partial charge is 0.372 e. The number of pyridine rings is 2. The summed E-state index contributed by atoms with van der Waals surface area (Å²) in [5.74, 6) is 0. The van der Waals surface area contributed by atoms with E-state index in [1.54, 1.807) is 0 Å². The van der Waals surface area contributed by atoms with Gasteiger partial charge in [0.2, 0.25) is 0 Å². The average Bonchev–Trinajstić information content (AvgIpc) is 3.37. The van der Waals surface area contributed by atoms with E-state index in [0.717, 1.165) is 92.8 Å². The molecule has 2 aliphatic rings. The molecule has 0 aliphatic carbocycles. The van der Waals surface area contributed by atoms with Gasteiger partial charge in [-0.25, -0.2) is 9.97 Å². The molecule has 7 aromatic carbocycles. The highest BCUT2D eigenvalue weighted by Gasteiger charge is 2.19. The summed E-state index contributed by atoms with van der Waals surface area (Å²) >= 11 is 0. The van der Waals surface area contributed by atoms with Crippen LogP contribution in [0.3, 0.4) is 0 Å². The predicted molar refractivity (Wildman–Crippen MR) is 262 cm³/mol. The fourth-order valence-electron chi connectivity index (χ4n) is 9.68. The summed E-state index contributed by atoms with van der Waals surface area (Å²) in [5, 5.41) is 2.18. The van der Waals surface area contributed by atoms with Gasteiger partial charge < -0.3 is 9.80 Å². The van der Waals surface area contributed by atoms with E-state index in [-0.39, 0.29) is 0 Å². The number of anilines is 2. The van der Waals surface area contributed by atoms with E-state index in [9.17, 15) is 0 Å².